The van der Waals surface area contributed by atoms with E-state index in [-0.39, 0.29) is 16.2 Å². The maximum absolute atomic E-state index is 4.91. The third-order valence-electron chi connectivity index (χ3n) is 15.2. The van der Waals surface area contributed by atoms with E-state index < -0.39 is 0 Å². The molecule has 8 aromatic carbocycles. The summed E-state index contributed by atoms with van der Waals surface area (Å²) in [5.74, 6) is 0. The van der Waals surface area contributed by atoms with E-state index in [4.69, 9.17) is 15.0 Å². The molecule has 3 heterocycles. The molecule has 11 rings (SSSR count). The molecule has 0 unspecified atom stereocenters. The molecule has 3 nitrogen and oxygen atoms in total. The second-order valence-corrected chi connectivity index (χ2v) is 23.8. The summed E-state index contributed by atoms with van der Waals surface area (Å²) in [7, 11) is 0. The maximum atomic E-state index is 4.91. The van der Waals surface area contributed by atoms with Crippen molar-refractivity contribution < 1.29 is 0 Å². The molecule has 0 amide bonds. The molecule has 11 aromatic rings. The molecule has 0 aliphatic heterocycles. The Balaban J connectivity index is 1.07. The van der Waals surface area contributed by atoms with E-state index in [9.17, 15) is 0 Å². The van der Waals surface area contributed by atoms with E-state index in [1.54, 1.807) is 0 Å². The molecule has 0 radical (unpaired) electrons. The van der Waals surface area contributed by atoms with E-state index in [1.165, 1.54) is 16.7 Å². The Labute approximate surface area is 462 Å². The van der Waals surface area contributed by atoms with Crippen LogP contribution in [0.25, 0.3) is 112 Å². The Kier molecular flexibility index (Phi) is 13.8. The SMILES string of the molecule is CC(C)(C)c1ccnc(-c2ccc(-c3ccccc3-c3cc(-c4ccccc4-c4ccc(-c5cc(C(C)(C)C)ccn5)cc4)cc(-c4ccccc4-c4ccc(-c5cc(C(C)(C)C)ccn5)cc4-c4ccccc4)c3)cc2)c1. The maximum Gasteiger partial charge on any atom is 0.0705 e. The van der Waals surface area contributed by atoms with Crippen LogP contribution in [0, 0.1) is 0 Å². The first-order chi connectivity index (χ1) is 37.5. The van der Waals surface area contributed by atoms with Gasteiger partial charge in [0.2, 0.25) is 0 Å². The quantitative estimate of drug-likeness (QED) is 0.137. The Morgan fingerprint density at radius 1 is 0.205 bits per heavy atom. The molecule has 0 saturated heterocycles. The van der Waals surface area contributed by atoms with Crippen LogP contribution in [0.5, 0.6) is 0 Å². The highest BCUT2D eigenvalue weighted by molar-refractivity contribution is 5.97. The largest absolute Gasteiger partial charge is 0.256 e. The fourth-order valence-electron chi connectivity index (χ4n) is 10.6. The lowest BCUT2D eigenvalue weighted by Crippen LogP contribution is -2.11. The van der Waals surface area contributed by atoms with Gasteiger partial charge in [-0.25, -0.2) is 0 Å². The van der Waals surface area contributed by atoms with Crippen molar-refractivity contribution in [2.45, 2.75) is 78.6 Å². The molecule has 0 fully saturated rings. The van der Waals surface area contributed by atoms with Gasteiger partial charge in [0.15, 0.2) is 0 Å². The monoisotopic (exact) mass is 1010 g/mol. The highest BCUT2D eigenvalue weighted by Gasteiger charge is 2.21. The second kappa shape index (κ2) is 21.0. The lowest BCUT2D eigenvalue weighted by molar-refractivity contribution is 0.589. The van der Waals surface area contributed by atoms with Gasteiger partial charge in [-0.05, 0) is 171 Å². The van der Waals surface area contributed by atoms with E-state index in [2.05, 4.69) is 287 Å². The van der Waals surface area contributed by atoms with E-state index >= 15 is 0 Å². The van der Waals surface area contributed by atoms with Gasteiger partial charge in [-0.2, -0.15) is 0 Å². The van der Waals surface area contributed by atoms with Crippen molar-refractivity contribution in [2.24, 2.45) is 0 Å². The summed E-state index contributed by atoms with van der Waals surface area (Å²) in [6, 6.07) is 82.3. The number of rotatable bonds is 10. The minimum absolute atomic E-state index is 0.00379. The summed E-state index contributed by atoms with van der Waals surface area (Å²) in [6.07, 6.45) is 5.81. The molecule has 0 bridgehead atoms. The zero-order chi connectivity index (χ0) is 54.2. The van der Waals surface area contributed by atoms with Crippen LogP contribution < -0.4 is 0 Å². The van der Waals surface area contributed by atoms with Crippen molar-refractivity contribution in [3.05, 3.63) is 260 Å². The van der Waals surface area contributed by atoms with Crippen LogP contribution >= 0.6 is 0 Å². The molecule has 0 atom stereocenters. The number of nitrogens with zero attached hydrogens (tertiary/aromatic N) is 3. The first kappa shape index (κ1) is 51.3. The van der Waals surface area contributed by atoms with Crippen LogP contribution in [0.2, 0.25) is 0 Å². The van der Waals surface area contributed by atoms with E-state index in [1.807, 2.05) is 18.6 Å². The number of hydrogen-bond acceptors (Lipinski definition) is 3. The minimum atomic E-state index is -0.00379. The van der Waals surface area contributed by atoms with Gasteiger partial charge in [-0.1, -0.05) is 226 Å². The molecule has 0 N–H and O–H groups in total. The van der Waals surface area contributed by atoms with Gasteiger partial charge in [0.1, 0.15) is 0 Å². The third kappa shape index (κ3) is 10.8. The topological polar surface area (TPSA) is 38.7 Å². The van der Waals surface area contributed by atoms with Gasteiger partial charge in [0.05, 0.1) is 17.1 Å². The summed E-state index contributed by atoms with van der Waals surface area (Å²) in [4.78, 5) is 14.5. The minimum Gasteiger partial charge on any atom is -0.256 e. The van der Waals surface area contributed by atoms with Crippen molar-refractivity contribution in [1.82, 2.24) is 15.0 Å². The molecular formula is C75H67N3. The summed E-state index contributed by atoms with van der Waals surface area (Å²) in [5.41, 5.74) is 26.2. The number of pyridine rings is 3. The average molecular weight is 1010 g/mol. The van der Waals surface area contributed by atoms with Crippen molar-refractivity contribution >= 4 is 0 Å². The van der Waals surface area contributed by atoms with Gasteiger partial charge in [-0.3, -0.25) is 15.0 Å². The number of aromatic nitrogens is 3. The van der Waals surface area contributed by atoms with E-state index in [0.29, 0.717) is 0 Å². The van der Waals surface area contributed by atoms with Crippen LogP contribution in [0.1, 0.15) is 79.0 Å². The van der Waals surface area contributed by atoms with Crippen LogP contribution in [-0.2, 0) is 16.2 Å². The van der Waals surface area contributed by atoms with Crippen molar-refractivity contribution in [2.75, 3.05) is 0 Å². The Morgan fingerprint density at radius 2 is 0.487 bits per heavy atom. The zero-order valence-corrected chi connectivity index (χ0v) is 46.4. The Bertz CT molecular complexity index is 3780. The van der Waals surface area contributed by atoms with Crippen molar-refractivity contribution in [1.29, 1.82) is 0 Å². The summed E-state index contributed by atoms with van der Waals surface area (Å²) < 4.78 is 0. The van der Waals surface area contributed by atoms with Gasteiger partial charge in [0, 0.05) is 35.3 Å². The summed E-state index contributed by atoms with van der Waals surface area (Å²) >= 11 is 0. The summed E-state index contributed by atoms with van der Waals surface area (Å²) in [5, 5.41) is 0. The first-order valence-corrected chi connectivity index (χ1v) is 27.3. The number of benzene rings is 8. The van der Waals surface area contributed by atoms with E-state index in [0.717, 1.165) is 112 Å². The van der Waals surface area contributed by atoms with Gasteiger partial charge >= 0.3 is 0 Å². The highest BCUT2D eigenvalue weighted by Crippen LogP contribution is 2.45. The molecule has 0 saturated carbocycles. The molecular weight excluding hydrogens is 943 g/mol. The molecule has 0 spiro atoms. The van der Waals surface area contributed by atoms with Crippen LogP contribution in [-0.4, -0.2) is 15.0 Å². The first-order valence-electron chi connectivity index (χ1n) is 27.3. The summed E-state index contributed by atoms with van der Waals surface area (Å²) in [6.45, 7) is 20.3. The fourth-order valence-corrected chi connectivity index (χ4v) is 10.6. The zero-order valence-electron chi connectivity index (χ0n) is 46.4. The van der Waals surface area contributed by atoms with Crippen molar-refractivity contribution in [3.8, 4) is 112 Å². The third-order valence-corrected chi connectivity index (χ3v) is 15.2. The van der Waals surface area contributed by atoms with Crippen molar-refractivity contribution in [3.63, 3.8) is 0 Å². The molecule has 3 aromatic heterocycles. The smallest absolute Gasteiger partial charge is 0.0705 e. The lowest BCUT2D eigenvalue weighted by atomic mass is 9.84. The molecule has 0 aliphatic rings. The normalized spacial score (nSPS) is 11.9. The van der Waals surface area contributed by atoms with Crippen LogP contribution in [0.4, 0.5) is 0 Å². The second-order valence-electron chi connectivity index (χ2n) is 23.8. The molecule has 0 aliphatic carbocycles. The van der Waals surface area contributed by atoms with Crippen LogP contribution in [0.3, 0.4) is 0 Å². The fraction of sp³-hybridized carbons (Fsp3) is 0.160. The lowest BCUT2D eigenvalue weighted by Gasteiger charge is -2.20. The predicted octanol–water partition coefficient (Wildman–Crippen LogP) is 20.4. The van der Waals surface area contributed by atoms with Crippen LogP contribution in [0.15, 0.2) is 243 Å². The Hall–Kier alpha value is -8.79. The predicted molar refractivity (Wildman–Crippen MR) is 330 cm³/mol. The highest BCUT2D eigenvalue weighted by atomic mass is 14.7. The van der Waals surface area contributed by atoms with Gasteiger partial charge < -0.3 is 0 Å². The van der Waals surface area contributed by atoms with Gasteiger partial charge in [-0.15, -0.1) is 0 Å². The Morgan fingerprint density at radius 3 is 0.872 bits per heavy atom. The average Bonchev–Trinajstić information content (AvgIpc) is 3.48. The number of hydrogen-bond donors (Lipinski definition) is 0. The molecule has 78 heavy (non-hydrogen) atoms. The van der Waals surface area contributed by atoms with Gasteiger partial charge in [0.25, 0.3) is 0 Å². The standard InChI is InChI=1S/C75H67N3/c1-73(2,3)59-37-40-76-70(47-59)53-31-27-51(28-32-53)62-21-13-15-23-64(62)56-43-57(65-24-16-14-22-63(65)52-29-33-54(34-30-52)71-48-60(38-41-77-71)74(4,5)6)45-58(44-56)66-25-17-18-26-67(66)68-36-35-55(46-69(68)50-19-11-10-12-20-50)72-49-61(39-42-78-72)75(7,8)9/h10-49H,1-9H3. The molecule has 3 heteroatoms. The molecule has 382 valence electrons.